The summed E-state index contributed by atoms with van der Waals surface area (Å²) in [6.07, 6.45) is 3.17. The number of hydrogen-bond acceptors (Lipinski definition) is 5. The van der Waals surface area contributed by atoms with E-state index in [2.05, 4.69) is 0 Å². The van der Waals surface area contributed by atoms with E-state index in [0.717, 1.165) is 16.7 Å². The summed E-state index contributed by atoms with van der Waals surface area (Å²) in [4.78, 5) is 40.5. The molecule has 0 bridgehead atoms. The van der Waals surface area contributed by atoms with Gasteiger partial charge in [-0.15, -0.1) is 0 Å². The summed E-state index contributed by atoms with van der Waals surface area (Å²) >= 11 is 0.837. The summed E-state index contributed by atoms with van der Waals surface area (Å²) in [6.45, 7) is 0.362. The zero-order valence-electron chi connectivity index (χ0n) is 17.2. The van der Waals surface area contributed by atoms with Gasteiger partial charge in [-0.1, -0.05) is 24.3 Å². The van der Waals surface area contributed by atoms with Crippen molar-refractivity contribution in [1.29, 1.82) is 0 Å². The number of hydrogen-bond donors (Lipinski definition) is 0. The van der Waals surface area contributed by atoms with Gasteiger partial charge in [0.2, 0.25) is 0 Å². The molecule has 1 aliphatic rings. The third kappa shape index (κ3) is 4.81. The quantitative estimate of drug-likeness (QED) is 0.498. The Morgan fingerprint density at radius 1 is 1.12 bits per heavy atom. The van der Waals surface area contributed by atoms with Crippen LogP contribution in [-0.4, -0.2) is 33.9 Å². The summed E-state index contributed by atoms with van der Waals surface area (Å²) in [7, 11) is 1.69. The summed E-state index contributed by atoms with van der Waals surface area (Å²) < 4.78 is 18.7. The Bertz CT molecular complexity index is 1190. The number of amides is 3. The summed E-state index contributed by atoms with van der Waals surface area (Å²) in [5.41, 5.74) is 1.72. The molecular weight excluding hydrogens is 431 g/mol. The maximum atomic E-state index is 13.4. The Morgan fingerprint density at radius 3 is 2.59 bits per heavy atom. The highest BCUT2D eigenvalue weighted by molar-refractivity contribution is 8.18. The van der Waals surface area contributed by atoms with E-state index in [-0.39, 0.29) is 17.4 Å². The fourth-order valence-electron chi connectivity index (χ4n) is 3.26. The van der Waals surface area contributed by atoms with Crippen LogP contribution in [0.3, 0.4) is 0 Å². The molecule has 0 unspecified atom stereocenters. The minimum absolute atomic E-state index is 0.00914. The largest absolute Gasteiger partial charge is 0.467 e. The van der Waals surface area contributed by atoms with Crippen molar-refractivity contribution >= 4 is 34.9 Å². The Labute approximate surface area is 188 Å². The van der Waals surface area contributed by atoms with Crippen LogP contribution in [0.25, 0.3) is 6.08 Å². The van der Waals surface area contributed by atoms with E-state index in [4.69, 9.17) is 4.42 Å². The maximum Gasteiger partial charge on any atom is 0.293 e. The van der Waals surface area contributed by atoms with Gasteiger partial charge in [-0.05, 0) is 65.4 Å². The van der Waals surface area contributed by atoms with Gasteiger partial charge >= 0.3 is 0 Å². The van der Waals surface area contributed by atoms with Gasteiger partial charge in [0, 0.05) is 12.6 Å². The van der Waals surface area contributed by atoms with Crippen LogP contribution < -0.4 is 0 Å². The molecule has 3 amide bonds. The number of halogens is 1. The van der Waals surface area contributed by atoms with Crippen molar-refractivity contribution in [1.82, 2.24) is 9.80 Å². The Morgan fingerprint density at radius 2 is 1.91 bits per heavy atom. The number of nitrogens with zero attached hydrogens (tertiary/aromatic N) is 2. The van der Waals surface area contributed by atoms with E-state index in [9.17, 15) is 18.8 Å². The van der Waals surface area contributed by atoms with Crippen molar-refractivity contribution < 1.29 is 23.2 Å². The number of rotatable bonds is 6. The molecule has 1 aromatic heterocycles. The number of thioether (sulfide) groups is 1. The summed E-state index contributed by atoms with van der Waals surface area (Å²) in [5.74, 6) is -0.327. The lowest BCUT2D eigenvalue weighted by atomic mass is 10.1. The SMILES string of the molecule is CN(Cc1ccco1)C(=O)c1ccc(/C=C2\SC(=O)N(Cc3cccc(F)c3)C2=O)cc1. The average Bonchev–Trinajstić information content (AvgIpc) is 3.37. The molecule has 0 spiro atoms. The molecule has 0 radical (unpaired) electrons. The minimum Gasteiger partial charge on any atom is -0.467 e. The molecular formula is C24H19FN2O4S. The van der Waals surface area contributed by atoms with Gasteiger partial charge in [-0.2, -0.15) is 0 Å². The molecule has 3 aromatic rings. The highest BCUT2D eigenvalue weighted by Gasteiger charge is 2.35. The fraction of sp³-hybridized carbons (Fsp3) is 0.125. The predicted molar refractivity (Wildman–Crippen MR) is 119 cm³/mol. The van der Waals surface area contributed by atoms with Crippen LogP contribution in [0.15, 0.2) is 76.2 Å². The molecule has 0 N–H and O–H groups in total. The third-order valence-corrected chi connectivity index (χ3v) is 5.79. The van der Waals surface area contributed by atoms with Crippen molar-refractivity contribution in [2.24, 2.45) is 0 Å². The van der Waals surface area contributed by atoms with Crippen molar-refractivity contribution in [3.63, 3.8) is 0 Å². The molecule has 2 heterocycles. The molecule has 1 saturated heterocycles. The number of carbonyl (C=O) groups is 3. The second-order valence-electron chi connectivity index (χ2n) is 7.26. The first-order valence-corrected chi connectivity index (χ1v) is 10.6. The second-order valence-corrected chi connectivity index (χ2v) is 8.25. The van der Waals surface area contributed by atoms with Crippen LogP contribution in [0.4, 0.5) is 9.18 Å². The first-order valence-electron chi connectivity index (χ1n) is 9.78. The summed E-state index contributed by atoms with van der Waals surface area (Å²) in [6, 6.07) is 16.1. The van der Waals surface area contributed by atoms with Crippen LogP contribution in [0.2, 0.25) is 0 Å². The van der Waals surface area contributed by atoms with Crippen LogP contribution in [-0.2, 0) is 17.9 Å². The van der Waals surface area contributed by atoms with Gasteiger partial charge in [0.15, 0.2) is 0 Å². The van der Waals surface area contributed by atoms with E-state index < -0.39 is 17.0 Å². The smallest absolute Gasteiger partial charge is 0.293 e. The molecule has 162 valence electrons. The topological polar surface area (TPSA) is 70.8 Å². The van der Waals surface area contributed by atoms with Gasteiger partial charge < -0.3 is 9.32 Å². The lowest BCUT2D eigenvalue weighted by molar-refractivity contribution is -0.123. The molecule has 8 heteroatoms. The normalized spacial score (nSPS) is 14.9. The Hall–Kier alpha value is -3.65. The van der Waals surface area contributed by atoms with E-state index >= 15 is 0 Å². The van der Waals surface area contributed by atoms with E-state index in [1.54, 1.807) is 66.8 Å². The molecule has 1 fully saturated rings. The Balaban J connectivity index is 1.44. The molecule has 0 aliphatic carbocycles. The first-order chi connectivity index (χ1) is 15.4. The minimum atomic E-state index is -0.428. The van der Waals surface area contributed by atoms with E-state index in [1.165, 1.54) is 18.2 Å². The van der Waals surface area contributed by atoms with Crippen LogP contribution in [0.1, 0.15) is 27.2 Å². The van der Waals surface area contributed by atoms with Crippen LogP contribution in [0, 0.1) is 5.82 Å². The molecule has 4 rings (SSSR count). The number of carbonyl (C=O) groups excluding carboxylic acids is 3. The number of furan rings is 1. The third-order valence-electron chi connectivity index (χ3n) is 4.88. The second kappa shape index (κ2) is 9.23. The van der Waals surface area contributed by atoms with Gasteiger partial charge in [0.1, 0.15) is 11.6 Å². The van der Waals surface area contributed by atoms with E-state index in [1.807, 2.05) is 0 Å². The van der Waals surface area contributed by atoms with Crippen LogP contribution >= 0.6 is 11.8 Å². The average molecular weight is 450 g/mol. The van der Waals surface area contributed by atoms with E-state index in [0.29, 0.717) is 29.0 Å². The summed E-state index contributed by atoms with van der Waals surface area (Å²) in [5, 5.41) is -0.406. The monoisotopic (exact) mass is 450 g/mol. The first kappa shape index (κ1) is 21.6. The van der Waals surface area contributed by atoms with Gasteiger partial charge in [-0.3, -0.25) is 19.3 Å². The highest BCUT2D eigenvalue weighted by atomic mass is 32.2. The van der Waals surface area contributed by atoms with Crippen molar-refractivity contribution in [2.75, 3.05) is 7.05 Å². The molecule has 32 heavy (non-hydrogen) atoms. The zero-order valence-corrected chi connectivity index (χ0v) is 18.0. The molecule has 1 aliphatic heterocycles. The number of imide groups is 1. The van der Waals surface area contributed by atoms with Crippen molar-refractivity contribution in [2.45, 2.75) is 13.1 Å². The predicted octanol–water partition coefficient (Wildman–Crippen LogP) is 4.93. The fourth-order valence-corrected chi connectivity index (χ4v) is 4.09. The lowest BCUT2D eigenvalue weighted by Gasteiger charge is -2.15. The Kier molecular flexibility index (Phi) is 6.23. The molecule has 0 atom stereocenters. The van der Waals surface area contributed by atoms with Crippen molar-refractivity contribution in [3.05, 3.63) is 100 Å². The lowest BCUT2D eigenvalue weighted by Crippen LogP contribution is -2.27. The molecule has 0 saturated carbocycles. The zero-order chi connectivity index (χ0) is 22.7. The van der Waals surface area contributed by atoms with Crippen molar-refractivity contribution in [3.8, 4) is 0 Å². The van der Waals surface area contributed by atoms with Gasteiger partial charge in [0.05, 0.1) is 24.3 Å². The molecule has 6 nitrogen and oxygen atoms in total. The standard InChI is InChI=1S/C24H19FN2O4S/c1-26(15-20-6-3-11-31-20)22(28)18-9-7-16(8-10-18)13-21-23(29)27(24(30)32-21)14-17-4-2-5-19(25)12-17/h2-13H,14-15H2,1H3/b21-13-. The van der Waals surface area contributed by atoms with Crippen LogP contribution in [0.5, 0.6) is 0 Å². The maximum absolute atomic E-state index is 13.4. The molecule has 2 aromatic carbocycles. The number of benzene rings is 2. The van der Waals surface area contributed by atoms with Gasteiger partial charge in [-0.25, -0.2) is 4.39 Å². The highest BCUT2D eigenvalue weighted by Crippen LogP contribution is 2.33. The van der Waals surface area contributed by atoms with Gasteiger partial charge in [0.25, 0.3) is 17.1 Å².